The van der Waals surface area contributed by atoms with Gasteiger partial charge in [-0.3, -0.25) is 0 Å². The van der Waals surface area contributed by atoms with Crippen LogP contribution in [0.25, 0.3) is 76.8 Å². The molecule has 55 heavy (non-hydrogen) atoms. The topological polar surface area (TPSA) is 3.24 Å². The second-order valence-electron chi connectivity index (χ2n) is 14.2. The van der Waals surface area contributed by atoms with Crippen LogP contribution in [0.1, 0.15) is 0 Å². The molecule has 0 aliphatic heterocycles. The summed E-state index contributed by atoms with van der Waals surface area (Å²) in [5.41, 5.74) is 12.8. The number of fused-ring (bicyclic) bond motifs is 4. The standard InChI is InChI=1S/C54H37N/c1-3-15-38(16-4-1)45-34-46(39-17-5-2-6-18-39)36-48(35-45)55(54-26-14-13-23-50(54)44-28-27-40-19-7-8-20-42(40)33-44)47-31-29-41(30-32-47)53-37-43-21-9-10-22-49(43)51-24-11-12-25-52(51)53/h1-37H. The van der Waals surface area contributed by atoms with Crippen molar-refractivity contribution in [3.63, 3.8) is 0 Å². The maximum absolute atomic E-state index is 2.44. The van der Waals surface area contributed by atoms with Gasteiger partial charge in [-0.05, 0) is 120 Å². The van der Waals surface area contributed by atoms with E-state index in [4.69, 9.17) is 0 Å². The van der Waals surface area contributed by atoms with Crippen LogP contribution in [0.5, 0.6) is 0 Å². The van der Waals surface area contributed by atoms with Crippen LogP contribution in [0.2, 0.25) is 0 Å². The van der Waals surface area contributed by atoms with Crippen molar-refractivity contribution >= 4 is 49.4 Å². The molecule has 0 amide bonds. The fourth-order valence-corrected chi connectivity index (χ4v) is 8.11. The zero-order valence-electron chi connectivity index (χ0n) is 30.3. The molecular formula is C54H37N. The normalized spacial score (nSPS) is 11.3. The maximum atomic E-state index is 2.44. The summed E-state index contributed by atoms with van der Waals surface area (Å²) in [5, 5.41) is 7.53. The van der Waals surface area contributed by atoms with E-state index in [1.54, 1.807) is 0 Å². The molecule has 0 radical (unpaired) electrons. The molecule has 0 saturated heterocycles. The van der Waals surface area contributed by atoms with Gasteiger partial charge in [-0.15, -0.1) is 0 Å². The van der Waals surface area contributed by atoms with Crippen molar-refractivity contribution in [3.8, 4) is 44.5 Å². The Hall–Kier alpha value is -7.22. The molecule has 0 spiro atoms. The van der Waals surface area contributed by atoms with Crippen LogP contribution in [0, 0.1) is 0 Å². The Morgan fingerprint density at radius 3 is 1.49 bits per heavy atom. The van der Waals surface area contributed by atoms with Crippen LogP contribution < -0.4 is 4.90 Å². The molecule has 0 aliphatic rings. The van der Waals surface area contributed by atoms with E-state index in [0.29, 0.717) is 0 Å². The van der Waals surface area contributed by atoms with Crippen LogP contribution in [-0.2, 0) is 0 Å². The van der Waals surface area contributed by atoms with Gasteiger partial charge in [-0.25, -0.2) is 0 Å². The molecular weight excluding hydrogens is 663 g/mol. The van der Waals surface area contributed by atoms with Crippen molar-refractivity contribution in [2.75, 3.05) is 4.90 Å². The first-order valence-corrected chi connectivity index (χ1v) is 18.9. The Bertz CT molecular complexity index is 2910. The molecule has 1 nitrogen and oxygen atoms in total. The molecule has 0 N–H and O–H groups in total. The minimum absolute atomic E-state index is 1.09. The summed E-state index contributed by atoms with van der Waals surface area (Å²) in [6.45, 7) is 0. The van der Waals surface area contributed by atoms with Gasteiger partial charge in [0, 0.05) is 16.9 Å². The van der Waals surface area contributed by atoms with E-state index in [1.165, 1.54) is 76.8 Å². The summed E-state index contributed by atoms with van der Waals surface area (Å²) in [6, 6.07) is 81.6. The number of rotatable bonds is 7. The fraction of sp³-hybridized carbons (Fsp3) is 0. The van der Waals surface area contributed by atoms with Crippen molar-refractivity contribution < 1.29 is 0 Å². The molecule has 0 aromatic heterocycles. The highest BCUT2D eigenvalue weighted by Crippen LogP contribution is 2.45. The lowest BCUT2D eigenvalue weighted by molar-refractivity contribution is 1.28. The smallest absolute Gasteiger partial charge is 0.0540 e. The lowest BCUT2D eigenvalue weighted by Gasteiger charge is -2.29. The average Bonchev–Trinajstić information content (AvgIpc) is 3.27. The minimum atomic E-state index is 1.09. The Morgan fingerprint density at radius 2 is 0.782 bits per heavy atom. The molecule has 10 rings (SSSR count). The minimum Gasteiger partial charge on any atom is -0.310 e. The third-order valence-electron chi connectivity index (χ3n) is 10.8. The first-order chi connectivity index (χ1) is 27.3. The Kier molecular flexibility index (Phi) is 8.24. The van der Waals surface area contributed by atoms with Crippen molar-refractivity contribution in [2.45, 2.75) is 0 Å². The number of nitrogens with zero attached hydrogens (tertiary/aromatic N) is 1. The summed E-state index contributed by atoms with van der Waals surface area (Å²) in [5.74, 6) is 0. The third-order valence-corrected chi connectivity index (χ3v) is 10.8. The molecule has 1 heteroatoms. The van der Waals surface area contributed by atoms with Gasteiger partial charge in [-0.2, -0.15) is 0 Å². The highest BCUT2D eigenvalue weighted by molar-refractivity contribution is 6.13. The van der Waals surface area contributed by atoms with E-state index in [2.05, 4.69) is 229 Å². The van der Waals surface area contributed by atoms with E-state index in [9.17, 15) is 0 Å². The van der Waals surface area contributed by atoms with Crippen LogP contribution in [0.15, 0.2) is 224 Å². The van der Waals surface area contributed by atoms with Gasteiger partial charge in [-0.1, -0.05) is 176 Å². The summed E-state index contributed by atoms with van der Waals surface area (Å²) in [6.07, 6.45) is 0. The molecule has 10 aromatic carbocycles. The Labute approximate surface area is 322 Å². The second kappa shape index (κ2) is 14.0. The van der Waals surface area contributed by atoms with Crippen molar-refractivity contribution in [1.29, 1.82) is 0 Å². The molecule has 10 aromatic rings. The van der Waals surface area contributed by atoms with Gasteiger partial charge in [0.2, 0.25) is 0 Å². The largest absolute Gasteiger partial charge is 0.310 e. The summed E-state index contributed by atoms with van der Waals surface area (Å²) in [4.78, 5) is 2.44. The zero-order chi connectivity index (χ0) is 36.6. The number of para-hydroxylation sites is 1. The molecule has 0 aliphatic carbocycles. The first-order valence-electron chi connectivity index (χ1n) is 18.9. The van der Waals surface area contributed by atoms with E-state index in [-0.39, 0.29) is 0 Å². The van der Waals surface area contributed by atoms with Crippen LogP contribution in [0.3, 0.4) is 0 Å². The number of benzene rings is 10. The summed E-state index contributed by atoms with van der Waals surface area (Å²) < 4.78 is 0. The average molecular weight is 700 g/mol. The van der Waals surface area contributed by atoms with Crippen LogP contribution in [-0.4, -0.2) is 0 Å². The Morgan fingerprint density at radius 1 is 0.236 bits per heavy atom. The van der Waals surface area contributed by atoms with Crippen LogP contribution >= 0.6 is 0 Å². The number of hydrogen-bond acceptors (Lipinski definition) is 1. The quantitative estimate of drug-likeness (QED) is 0.150. The molecule has 0 atom stereocenters. The number of hydrogen-bond donors (Lipinski definition) is 0. The summed E-state index contributed by atoms with van der Waals surface area (Å²) in [7, 11) is 0. The highest BCUT2D eigenvalue weighted by atomic mass is 15.1. The lowest BCUT2D eigenvalue weighted by atomic mass is 9.93. The van der Waals surface area contributed by atoms with Crippen molar-refractivity contribution in [2.24, 2.45) is 0 Å². The predicted octanol–water partition coefficient (Wildman–Crippen LogP) is 15.3. The molecule has 258 valence electrons. The van der Waals surface area contributed by atoms with Crippen molar-refractivity contribution in [1.82, 2.24) is 0 Å². The highest BCUT2D eigenvalue weighted by Gasteiger charge is 2.20. The molecule has 0 heterocycles. The molecule has 0 fully saturated rings. The van der Waals surface area contributed by atoms with Gasteiger partial charge < -0.3 is 4.90 Å². The molecule has 0 bridgehead atoms. The summed E-state index contributed by atoms with van der Waals surface area (Å²) >= 11 is 0. The van der Waals surface area contributed by atoms with Gasteiger partial charge in [0.05, 0.1) is 5.69 Å². The van der Waals surface area contributed by atoms with E-state index in [1.807, 2.05) is 0 Å². The third kappa shape index (κ3) is 6.12. The number of anilines is 3. The van der Waals surface area contributed by atoms with E-state index >= 15 is 0 Å². The van der Waals surface area contributed by atoms with Gasteiger partial charge >= 0.3 is 0 Å². The second-order valence-corrected chi connectivity index (χ2v) is 14.2. The van der Waals surface area contributed by atoms with Gasteiger partial charge in [0.15, 0.2) is 0 Å². The predicted molar refractivity (Wildman–Crippen MR) is 235 cm³/mol. The van der Waals surface area contributed by atoms with Crippen molar-refractivity contribution in [3.05, 3.63) is 224 Å². The van der Waals surface area contributed by atoms with Gasteiger partial charge in [0.25, 0.3) is 0 Å². The SMILES string of the molecule is c1ccc(-c2cc(-c3ccccc3)cc(N(c3ccc(-c4cc5ccccc5c5ccccc45)cc3)c3ccccc3-c3ccc4ccccc4c3)c2)cc1. The maximum Gasteiger partial charge on any atom is 0.0540 e. The van der Waals surface area contributed by atoms with Gasteiger partial charge in [0.1, 0.15) is 0 Å². The monoisotopic (exact) mass is 699 g/mol. The zero-order valence-corrected chi connectivity index (χ0v) is 30.3. The first kappa shape index (κ1) is 32.4. The van der Waals surface area contributed by atoms with E-state index in [0.717, 1.165) is 17.1 Å². The lowest BCUT2D eigenvalue weighted by Crippen LogP contribution is -2.11. The fourth-order valence-electron chi connectivity index (χ4n) is 8.11. The van der Waals surface area contributed by atoms with Crippen LogP contribution in [0.4, 0.5) is 17.1 Å². The molecule has 0 unspecified atom stereocenters. The molecule has 0 saturated carbocycles. The van der Waals surface area contributed by atoms with E-state index < -0.39 is 0 Å². The Balaban J connectivity index is 1.19.